The van der Waals surface area contributed by atoms with E-state index < -0.39 is 27.1 Å². The van der Waals surface area contributed by atoms with Gasteiger partial charge in [-0.3, -0.25) is 4.79 Å². The van der Waals surface area contributed by atoms with E-state index in [9.17, 15) is 18.0 Å². The average molecular weight is 413 g/mol. The number of esters is 1. The molecule has 1 aromatic heterocycles. The Bertz CT molecular complexity index is 1130. The van der Waals surface area contributed by atoms with Crippen LogP contribution in [0.4, 0.5) is 0 Å². The molecule has 0 spiro atoms. The van der Waals surface area contributed by atoms with Crippen LogP contribution in [0.25, 0.3) is 0 Å². The molecular formula is C21H19NO6S. The lowest BCUT2D eigenvalue weighted by atomic mass is 9.99. The molecule has 0 radical (unpaired) electrons. The maximum atomic E-state index is 12.6. The molecule has 1 atom stereocenters. The number of hydrogen-bond donors (Lipinski definition) is 1. The highest BCUT2D eigenvalue weighted by atomic mass is 32.2. The number of benzene rings is 2. The summed E-state index contributed by atoms with van der Waals surface area (Å²) in [5, 5.41) is -0.402. The van der Waals surface area contributed by atoms with E-state index in [-0.39, 0.29) is 11.5 Å². The Morgan fingerprint density at radius 2 is 1.66 bits per heavy atom. The zero-order valence-electron chi connectivity index (χ0n) is 15.8. The highest BCUT2D eigenvalue weighted by molar-refractivity contribution is 7.89. The molecule has 7 nitrogen and oxygen atoms in total. The van der Waals surface area contributed by atoms with Gasteiger partial charge in [0.1, 0.15) is 0 Å². The van der Waals surface area contributed by atoms with Gasteiger partial charge in [0.15, 0.2) is 5.78 Å². The predicted octanol–water partition coefficient (Wildman–Crippen LogP) is 3.34. The first-order valence-electron chi connectivity index (χ1n) is 8.72. The van der Waals surface area contributed by atoms with Gasteiger partial charge in [-0.25, -0.2) is 17.9 Å². The van der Waals surface area contributed by atoms with Crippen molar-refractivity contribution in [3.8, 4) is 0 Å². The molecule has 1 N–H and O–H groups in total. The number of hydrogen-bond acceptors (Lipinski definition) is 6. The number of rotatable bonds is 7. The molecular weight excluding hydrogens is 394 g/mol. The molecule has 0 bridgehead atoms. The predicted molar refractivity (Wildman–Crippen MR) is 105 cm³/mol. The Morgan fingerprint density at radius 1 is 0.966 bits per heavy atom. The maximum Gasteiger partial charge on any atom is 0.374 e. The topological polar surface area (TPSA) is 103 Å². The summed E-state index contributed by atoms with van der Waals surface area (Å²) < 4.78 is 37.2. The Kier molecular flexibility index (Phi) is 5.95. The summed E-state index contributed by atoms with van der Waals surface area (Å²) in [6, 6.07) is 17.3. The molecule has 0 fully saturated rings. The summed E-state index contributed by atoms with van der Waals surface area (Å²) in [5.41, 5.74) is 1.60. The van der Waals surface area contributed by atoms with Gasteiger partial charge in [-0.05, 0) is 30.7 Å². The van der Waals surface area contributed by atoms with Crippen LogP contribution in [0, 0.1) is 0 Å². The summed E-state index contributed by atoms with van der Waals surface area (Å²) in [7, 11) is -2.85. The number of ether oxygens (including phenoxy) is 1. The van der Waals surface area contributed by atoms with E-state index in [1.165, 1.54) is 19.2 Å². The van der Waals surface area contributed by atoms with E-state index in [0.29, 0.717) is 16.7 Å². The van der Waals surface area contributed by atoms with Crippen molar-refractivity contribution < 1.29 is 27.2 Å². The molecule has 0 aliphatic heterocycles. The third kappa shape index (κ3) is 4.61. The number of carbonyl (C=O) groups is 2. The van der Waals surface area contributed by atoms with Crippen molar-refractivity contribution in [2.24, 2.45) is 0 Å². The van der Waals surface area contributed by atoms with E-state index in [2.05, 4.69) is 9.46 Å². The summed E-state index contributed by atoms with van der Waals surface area (Å²) in [6.07, 6.45) is 0. The molecule has 1 unspecified atom stereocenters. The lowest BCUT2D eigenvalue weighted by Gasteiger charge is -2.14. The standard InChI is InChI=1S/C21H19NO6S/c1-14(22-29(25,26)19-12-11-18(28-19)21(24)27-2)16-9-6-10-17(13-16)20(23)15-7-4-3-5-8-15/h3-14,22H,1-2H3. The van der Waals surface area contributed by atoms with Crippen molar-refractivity contribution in [3.63, 3.8) is 0 Å². The highest BCUT2D eigenvalue weighted by Gasteiger charge is 2.24. The van der Waals surface area contributed by atoms with Crippen molar-refractivity contribution in [1.29, 1.82) is 0 Å². The smallest absolute Gasteiger partial charge is 0.374 e. The largest absolute Gasteiger partial charge is 0.463 e. The van der Waals surface area contributed by atoms with Gasteiger partial charge in [0, 0.05) is 17.2 Å². The first kappa shape index (κ1) is 20.5. The van der Waals surface area contributed by atoms with Gasteiger partial charge in [0.2, 0.25) is 10.9 Å². The first-order chi connectivity index (χ1) is 13.8. The van der Waals surface area contributed by atoms with Gasteiger partial charge in [-0.2, -0.15) is 0 Å². The van der Waals surface area contributed by atoms with Crippen LogP contribution in [0.1, 0.15) is 45.0 Å². The third-order valence-electron chi connectivity index (χ3n) is 4.25. The van der Waals surface area contributed by atoms with E-state index in [4.69, 9.17) is 4.42 Å². The van der Waals surface area contributed by atoms with E-state index in [1.54, 1.807) is 55.5 Å². The van der Waals surface area contributed by atoms with Crippen LogP contribution in [-0.4, -0.2) is 27.3 Å². The van der Waals surface area contributed by atoms with E-state index in [1.807, 2.05) is 6.07 Å². The molecule has 3 rings (SSSR count). The molecule has 2 aromatic carbocycles. The normalized spacial score (nSPS) is 12.3. The second-order valence-corrected chi connectivity index (χ2v) is 7.92. The molecule has 0 saturated carbocycles. The minimum Gasteiger partial charge on any atom is -0.463 e. The van der Waals surface area contributed by atoms with Crippen LogP contribution in [0.15, 0.2) is 76.2 Å². The van der Waals surface area contributed by atoms with Crippen LogP contribution < -0.4 is 4.72 Å². The number of carbonyl (C=O) groups excluding carboxylic acids is 2. The van der Waals surface area contributed by atoms with E-state index in [0.717, 1.165) is 0 Å². The lowest BCUT2D eigenvalue weighted by molar-refractivity contribution is 0.0559. The Balaban J connectivity index is 1.80. The highest BCUT2D eigenvalue weighted by Crippen LogP contribution is 2.21. The zero-order chi connectivity index (χ0) is 21.0. The van der Waals surface area contributed by atoms with Crippen molar-refractivity contribution in [3.05, 3.63) is 89.2 Å². The fourth-order valence-corrected chi connectivity index (χ4v) is 3.90. The molecule has 0 aliphatic carbocycles. The third-order valence-corrected chi connectivity index (χ3v) is 5.66. The molecule has 29 heavy (non-hydrogen) atoms. The van der Waals surface area contributed by atoms with Crippen LogP contribution in [0.2, 0.25) is 0 Å². The van der Waals surface area contributed by atoms with Crippen LogP contribution in [0.5, 0.6) is 0 Å². The number of sulfonamides is 1. The summed E-state index contributed by atoms with van der Waals surface area (Å²) >= 11 is 0. The minimum atomic E-state index is -4.02. The molecule has 0 saturated heterocycles. The van der Waals surface area contributed by atoms with Gasteiger partial charge in [0.05, 0.1) is 7.11 Å². The second-order valence-electron chi connectivity index (χ2n) is 6.27. The minimum absolute atomic E-state index is 0.156. The van der Waals surface area contributed by atoms with Crippen molar-refractivity contribution in [2.75, 3.05) is 7.11 Å². The van der Waals surface area contributed by atoms with Crippen molar-refractivity contribution in [2.45, 2.75) is 18.1 Å². The summed E-state index contributed by atoms with van der Waals surface area (Å²) in [6.45, 7) is 1.65. The fraction of sp³-hybridized carbons (Fsp3) is 0.143. The second kappa shape index (κ2) is 8.42. The molecule has 8 heteroatoms. The summed E-state index contributed by atoms with van der Waals surface area (Å²) in [5.74, 6) is -1.14. The number of nitrogens with one attached hydrogen (secondary N) is 1. The Morgan fingerprint density at radius 3 is 2.34 bits per heavy atom. The van der Waals surface area contributed by atoms with Gasteiger partial charge in [-0.15, -0.1) is 0 Å². The Labute approximate surface area is 168 Å². The molecule has 0 amide bonds. The Hall–Kier alpha value is -3.23. The lowest BCUT2D eigenvalue weighted by Crippen LogP contribution is -2.26. The molecule has 3 aromatic rings. The van der Waals surface area contributed by atoms with Crippen LogP contribution in [-0.2, 0) is 14.8 Å². The number of methoxy groups -OCH3 is 1. The van der Waals surface area contributed by atoms with Gasteiger partial charge < -0.3 is 9.15 Å². The summed E-state index contributed by atoms with van der Waals surface area (Å²) in [4.78, 5) is 24.1. The number of furan rings is 1. The molecule has 150 valence electrons. The van der Waals surface area contributed by atoms with Gasteiger partial charge >= 0.3 is 5.97 Å². The van der Waals surface area contributed by atoms with E-state index >= 15 is 0 Å². The molecule has 0 aliphatic rings. The SMILES string of the molecule is COC(=O)c1ccc(S(=O)(=O)NC(C)c2cccc(C(=O)c3ccccc3)c2)o1. The maximum absolute atomic E-state index is 12.6. The van der Waals surface area contributed by atoms with Crippen LogP contribution in [0.3, 0.4) is 0 Å². The van der Waals surface area contributed by atoms with Gasteiger partial charge in [0.25, 0.3) is 10.0 Å². The number of ketones is 1. The quantitative estimate of drug-likeness (QED) is 0.471. The monoisotopic (exact) mass is 413 g/mol. The first-order valence-corrected chi connectivity index (χ1v) is 10.2. The average Bonchev–Trinajstić information content (AvgIpc) is 3.24. The fourth-order valence-electron chi connectivity index (χ4n) is 2.74. The zero-order valence-corrected chi connectivity index (χ0v) is 16.6. The van der Waals surface area contributed by atoms with Crippen molar-refractivity contribution >= 4 is 21.8 Å². The van der Waals surface area contributed by atoms with Gasteiger partial charge in [-0.1, -0.05) is 48.5 Å². The molecule has 1 heterocycles. The van der Waals surface area contributed by atoms with Crippen molar-refractivity contribution in [1.82, 2.24) is 4.72 Å². The van der Waals surface area contributed by atoms with Crippen LogP contribution >= 0.6 is 0 Å².